The Kier molecular flexibility index (Phi) is 8.21. The SMILES string of the molecule is CCCCOc1ccc(/C=C/C(=O)Nc2ccc(F)c(NC(C)=O)c2)cc1OC. The second-order valence-corrected chi connectivity index (χ2v) is 6.31. The van der Waals surface area contributed by atoms with Gasteiger partial charge in [0.05, 0.1) is 19.4 Å². The zero-order valence-electron chi connectivity index (χ0n) is 16.8. The first kappa shape index (κ1) is 21.9. The Bertz CT molecular complexity index is 896. The third-order valence-corrected chi connectivity index (χ3v) is 3.91. The van der Waals surface area contributed by atoms with Crippen LogP contribution in [0, 0.1) is 5.82 Å². The molecule has 0 bridgehead atoms. The van der Waals surface area contributed by atoms with Crippen molar-refractivity contribution in [1.29, 1.82) is 0 Å². The van der Waals surface area contributed by atoms with Gasteiger partial charge in [0.2, 0.25) is 11.8 Å². The first-order valence-corrected chi connectivity index (χ1v) is 9.30. The maximum absolute atomic E-state index is 13.7. The molecule has 154 valence electrons. The molecule has 2 amide bonds. The average Bonchev–Trinajstić information content (AvgIpc) is 2.69. The molecule has 0 unspecified atom stereocenters. The molecule has 0 aliphatic rings. The molecule has 0 saturated carbocycles. The Morgan fingerprint density at radius 2 is 1.90 bits per heavy atom. The van der Waals surface area contributed by atoms with Gasteiger partial charge in [-0.1, -0.05) is 19.4 Å². The molecule has 2 rings (SSSR count). The molecule has 0 aliphatic heterocycles. The van der Waals surface area contributed by atoms with Crippen molar-refractivity contribution in [2.24, 2.45) is 0 Å². The molecule has 7 heteroatoms. The van der Waals surface area contributed by atoms with Crippen LogP contribution in [0.15, 0.2) is 42.5 Å². The molecule has 6 nitrogen and oxygen atoms in total. The number of anilines is 2. The molecular formula is C22H25FN2O4. The Morgan fingerprint density at radius 3 is 2.59 bits per heavy atom. The monoisotopic (exact) mass is 400 g/mol. The van der Waals surface area contributed by atoms with E-state index in [1.165, 1.54) is 31.2 Å². The van der Waals surface area contributed by atoms with E-state index in [0.29, 0.717) is 23.8 Å². The van der Waals surface area contributed by atoms with E-state index in [-0.39, 0.29) is 5.69 Å². The van der Waals surface area contributed by atoms with Gasteiger partial charge >= 0.3 is 0 Å². The van der Waals surface area contributed by atoms with E-state index in [4.69, 9.17) is 9.47 Å². The van der Waals surface area contributed by atoms with Gasteiger partial charge in [0.25, 0.3) is 0 Å². The summed E-state index contributed by atoms with van der Waals surface area (Å²) in [4.78, 5) is 23.3. The number of nitrogens with one attached hydrogen (secondary N) is 2. The van der Waals surface area contributed by atoms with E-state index in [2.05, 4.69) is 17.6 Å². The van der Waals surface area contributed by atoms with Crippen LogP contribution in [0.4, 0.5) is 15.8 Å². The summed E-state index contributed by atoms with van der Waals surface area (Å²) in [5, 5.41) is 5.00. The fourth-order valence-electron chi connectivity index (χ4n) is 2.48. The summed E-state index contributed by atoms with van der Waals surface area (Å²) in [6.45, 7) is 3.98. The van der Waals surface area contributed by atoms with Crippen molar-refractivity contribution in [3.8, 4) is 11.5 Å². The predicted molar refractivity (Wildman–Crippen MR) is 112 cm³/mol. The van der Waals surface area contributed by atoms with Crippen LogP contribution in [0.5, 0.6) is 11.5 Å². The summed E-state index contributed by atoms with van der Waals surface area (Å²) in [6, 6.07) is 9.34. The fraction of sp³-hybridized carbons (Fsp3) is 0.273. The minimum Gasteiger partial charge on any atom is -0.493 e. The van der Waals surface area contributed by atoms with Gasteiger partial charge in [-0.05, 0) is 48.4 Å². The molecule has 0 saturated heterocycles. The smallest absolute Gasteiger partial charge is 0.248 e. The summed E-state index contributed by atoms with van der Waals surface area (Å²) in [7, 11) is 1.56. The highest BCUT2D eigenvalue weighted by Gasteiger charge is 2.07. The number of halogens is 1. The average molecular weight is 400 g/mol. The highest BCUT2D eigenvalue weighted by Crippen LogP contribution is 2.28. The summed E-state index contributed by atoms with van der Waals surface area (Å²) >= 11 is 0. The van der Waals surface area contributed by atoms with E-state index in [1.807, 2.05) is 6.07 Å². The lowest BCUT2D eigenvalue weighted by atomic mass is 10.2. The van der Waals surface area contributed by atoms with Crippen LogP contribution in [-0.2, 0) is 9.59 Å². The maximum atomic E-state index is 13.7. The first-order valence-electron chi connectivity index (χ1n) is 9.30. The largest absolute Gasteiger partial charge is 0.493 e. The van der Waals surface area contributed by atoms with Gasteiger partial charge in [-0.2, -0.15) is 0 Å². The Labute approximate surface area is 169 Å². The van der Waals surface area contributed by atoms with Crippen molar-refractivity contribution in [3.05, 3.63) is 53.9 Å². The van der Waals surface area contributed by atoms with Gasteiger partial charge in [0, 0.05) is 18.7 Å². The maximum Gasteiger partial charge on any atom is 0.248 e. The lowest BCUT2D eigenvalue weighted by Crippen LogP contribution is -2.10. The summed E-state index contributed by atoms with van der Waals surface area (Å²) in [5.41, 5.74) is 1.13. The first-order chi connectivity index (χ1) is 13.9. The number of methoxy groups -OCH3 is 1. The van der Waals surface area contributed by atoms with Crippen LogP contribution in [0.1, 0.15) is 32.3 Å². The number of hydrogen-bond donors (Lipinski definition) is 2. The van der Waals surface area contributed by atoms with Crippen molar-refractivity contribution in [1.82, 2.24) is 0 Å². The van der Waals surface area contributed by atoms with Crippen molar-refractivity contribution < 1.29 is 23.5 Å². The summed E-state index contributed by atoms with van der Waals surface area (Å²) in [5.74, 6) is -0.139. The van der Waals surface area contributed by atoms with Crippen LogP contribution in [0.2, 0.25) is 0 Å². The van der Waals surface area contributed by atoms with E-state index < -0.39 is 17.6 Å². The third kappa shape index (κ3) is 6.95. The molecule has 0 atom stereocenters. The van der Waals surface area contributed by atoms with E-state index in [0.717, 1.165) is 18.4 Å². The topological polar surface area (TPSA) is 76.7 Å². The van der Waals surface area contributed by atoms with E-state index >= 15 is 0 Å². The Morgan fingerprint density at radius 1 is 1.10 bits per heavy atom. The highest BCUT2D eigenvalue weighted by atomic mass is 19.1. The molecule has 2 aromatic rings. The van der Waals surface area contributed by atoms with Gasteiger partial charge in [0.15, 0.2) is 11.5 Å². The van der Waals surface area contributed by atoms with E-state index in [1.54, 1.807) is 25.3 Å². The standard InChI is InChI=1S/C22H25FN2O4/c1-4-5-12-29-20-10-6-16(13-21(20)28-3)7-11-22(27)25-17-8-9-18(23)19(14-17)24-15(2)26/h6-11,13-14H,4-5,12H2,1-3H3,(H,24,26)(H,25,27)/b11-7+. The number of amides is 2. The summed E-state index contributed by atoms with van der Waals surface area (Å²) in [6.07, 6.45) is 4.98. The molecular weight excluding hydrogens is 375 g/mol. The van der Waals surface area contributed by atoms with Gasteiger partial charge in [-0.3, -0.25) is 9.59 Å². The minimum atomic E-state index is -0.581. The second kappa shape index (κ2) is 10.8. The van der Waals surface area contributed by atoms with Gasteiger partial charge in [0.1, 0.15) is 5.82 Å². The Hall–Kier alpha value is -3.35. The fourth-order valence-corrected chi connectivity index (χ4v) is 2.48. The third-order valence-electron chi connectivity index (χ3n) is 3.91. The molecule has 29 heavy (non-hydrogen) atoms. The van der Waals surface area contributed by atoms with Crippen LogP contribution in [0.25, 0.3) is 6.08 Å². The number of rotatable bonds is 9. The van der Waals surface area contributed by atoms with Crippen LogP contribution in [0.3, 0.4) is 0 Å². The number of ether oxygens (including phenoxy) is 2. The number of carbonyl (C=O) groups is 2. The number of benzene rings is 2. The second-order valence-electron chi connectivity index (χ2n) is 6.31. The zero-order valence-corrected chi connectivity index (χ0v) is 16.8. The van der Waals surface area contributed by atoms with Crippen LogP contribution >= 0.6 is 0 Å². The van der Waals surface area contributed by atoms with Crippen molar-refractivity contribution in [3.63, 3.8) is 0 Å². The van der Waals surface area contributed by atoms with Crippen molar-refractivity contribution >= 4 is 29.3 Å². The van der Waals surface area contributed by atoms with Gasteiger partial charge < -0.3 is 20.1 Å². The number of unbranched alkanes of at least 4 members (excludes halogenated alkanes) is 1. The van der Waals surface area contributed by atoms with E-state index in [9.17, 15) is 14.0 Å². The predicted octanol–water partition coefficient (Wildman–Crippen LogP) is 4.62. The molecule has 2 N–H and O–H groups in total. The lowest BCUT2D eigenvalue weighted by Gasteiger charge is -2.11. The highest BCUT2D eigenvalue weighted by molar-refractivity contribution is 6.02. The molecule has 0 fully saturated rings. The molecule has 0 heterocycles. The normalized spacial score (nSPS) is 10.6. The Balaban J connectivity index is 2.04. The molecule has 0 spiro atoms. The van der Waals surface area contributed by atoms with Crippen LogP contribution in [-0.4, -0.2) is 25.5 Å². The van der Waals surface area contributed by atoms with Gasteiger partial charge in [-0.25, -0.2) is 4.39 Å². The van der Waals surface area contributed by atoms with Gasteiger partial charge in [-0.15, -0.1) is 0 Å². The van der Waals surface area contributed by atoms with Crippen LogP contribution < -0.4 is 20.1 Å². The molecule has 0 aromatic heterocycles. The molecule has 0 radical (unpaired) electrons. The van der Waals surface area contributed by atoms with Crippen molar-refractivity contribution in [2.45, 2.75) is 26.7 Å². The molecule has 2 aromatic carbocycles. The lowest BCUT2D eigenvalue weighted by molar-refractivity contribution is -0.114. The number of hydrogen-bond acceptors (Lipinski definition) is 4. The zero-order chi connectivity index (χ0) is 21.2. The van der Waals surface area contributed by atoms with Crippen molar-refractivity contribution in [2.75, 3.05) is 24.4 Å². The minimum absolute atomic E-state index is 0.00248. The summed E-state index contributed by atoms with van der Waals surface area (Å²) < 4.78 is 24.7. The quantitative estimate of drug-likeness (QED) is 0.476. The molecule has 0 aliphatic carbocycles. The number of carbonyl (C=O) groups excluding carboxylic acids is 2.